The van der Waals surface area contributed by atoms with E-state index in [2.05, 4.69) is 41.1 Å². The van der Waals surface area contributed by atoms with Crippen molar-refractivity contribution in [3.63, 3.8) is 0 Å². The largest absolute Gasteiger partial charge is 0.433 e. The second-order valence-electron chi connectivity index (χ2n) is 13.7. The predicted molar refractivity (Wildman–Crippen MR) is 186 cm³/mol. The smallest absolute Gasteiger partial charge is 0.424 e. The summed E-state index contributed by atoms with van der Waals surface area (Å²) in [5.41, 5.74) is -0.350. The van der Waals surface area contributed by atoms with E-state index in [1.807, 2.05) is 32.6 Å². The number of fused-ring (bicyclic) bond motifs is 2. The van der Waals surface area contributed by atoms with Crippen LogP contribution in [-0.4, -0.2) is 47.6 Å². The topological polar surface area (TPSA) is 96.0 Å². The lowest BCUT2D eigenvalue weighted by Crippen LogP contribution is -2.43. The van der Waals surface area contributed by atoms with Crippen molar-refractivity contribution in [2.24, 2.45) is 17.8 Å². The lowest BCUT2D eigenvalue weighted by atomic mass is 9.82. The Kier molecular flexibility index (Phi) is 11.5. The van der Waals surface area contributed by atoms with E-state index in [1.165, 1.54) is 10.9 Å². The van der Waals surface area contributed by atoms with Crippen LogP contribution in [0.15, 0.2) is 59.5 Å². The van der Waals surface area contributed by atoms with Crippen molar-refractivity contribution in [1.82, 2.24) is 34.5 Å². The summed E-state index contributed by atoms with van der Waals surface area (Å²) in [6.45, 7) is 8.89. The number of benzene rings is 2. The lowest BCUT2D eigenvalue weighted by molar-refractivity contribution is -0.141. The molecule has 2 aliphatic rings. The number of rotatable bonds is 9. The summed E-state index contributed by atoms with van der Waals surface area (Å²) in [7, 11) is 0. The van der Waals surface area contributed by atoms with Crippen LogP contribution in [-0.2, 0) is 12.6 Å². The Balaban J connectivity index is 0.000000232. The van der Waals surface area contributed by atoms with Gasteiger partial charge in [-0.15, -0.1) is 5.10 Å². The van der Waals surface area contributed by atoms with Crippen LogP contribution in [0.25, 0.3) is 0 Å². The molecule has 10 nitrogen and oxygen atoms in total. The maximum absolute atomic E-state index is 13.6. The normalized spacial score (nSPS) is 18.3. The van der Waals surface area contributed by atoms with Gasteiger partial charge in [0.1, 0.15) is 40.5 Å². The number of hydrogen-bond donors (Lipinski definition) is 0. The van der Waals surface area contributed by atoms with Gasteiger partial charge >= 0.3 is 18.2 Å². The molecule has 1 saturated carbocycles. The minimum absolute atomic E-state index is 0.00250. The van der Waals surface area contributed by atoms with Gasteiger partial charge < -0.3 is 14.4 Å². The molecule has 18 heteroatoms. The van der Waals surface area contributed by atoms with Gasteiger partial charge in [0, 0.05) is 67.8 Å². The number of halogens is 8. The Morgan fingerprint density at radius 1 is 0.741 bits per heavy atom. The van der Waals surface area contributed by atoms with Gasteiger partial charge in [0.15, 0.2) is 5.82 Å². The Labute approximate surface area is 314 Å². The third kappa shape index (κ3) is 9.30. The number of alkyl halides is 3. The average molecular weight is 826 g/mol. The average Bonchev–Trinajstić information content (AvgIpc) is 3.71. The van der Waals surface area contributed by atoms with Crippen molar-refractivity contribution in [2.45, 2.75) is 65.2 Å². The van der Waals surface area contributed by atoms with Gasteiger partial charge in [-0.3, -0.25) is 4.98 Å². The van der Waals surface area contributed by atoms with Gasteiger partial charge in [-0.05, 0) is 86.4 Å². The minimum atomic E-state index is -4.48. The molecule has 4 heterocycles. The highest BCUT2D eigenvalue weighted by Gasteiger charge is 2.43. The van der Waals surface area contributed by atoms with Crippen LogP contribution in [0.5, 0.6) is 23.5 Å². The third-order valence-electron chi connectivity index (χ3n) is 9.13. The van der Waals surface area contributed by atoms with Crippen LogP contribution in [0.1, 0.15) is 64.1 Å². The molecule has 2 aromatic carbocycles. The number of piperidine rings is 1. The van der Waals surface area contributed by atoms with E-state index in [1.54, 1.807) is 10.7 Å². The highest BCUT2D eigenvalue weighted by Crippen LogP contribution is 2.45. The number of ether oxygens (including phenoxy) is 2. The molecule has 5 aromatic rings. The van der Waals surface area contributed by atoms with E-state index < -0.39 is 35.1 Å². The highest BCUT2D eigenvalue weighted by molar-refractivity contribution is 9.10. The first-order valence-corrected chi connectivity index (χ1v) is 17.9. The molecule has 2 bridgehead atoms. The molecule has 0 amide bonds. The Morgan fingerprint density at radius 3 is 1.74 bits per heavy atom. The number of anilines is 1. The molecule has 288 valence electrons. The Hall–Kier alpha value is -4.74. The molecule has 2 fully saturated rings. The number of nitrogens with zero attached hydrogens (tertiary/aromatic N) is 8. The summed E-state index contributed by atoms with van der Waals surface area (Å²) in [6.07, 6.45) is -0.702. The molecule has 0 N–H and O–H groups in total. The Bertz CT molecular complexity index is 2040. The van der Waals surface area contributed by atoms with Crippen LogP contribution < -0.4 is 14.4 Å². The van der Waals surface area contributed by atoms with E-state index in [-0.39, 0.29) is 41.5 Å². The van der Waals surface area contributed by atoms with Gasteiger partial charge in [0.25, 0.3) is 0 Å². The van der Waals surface area contributed by atoms with E-state index in [4.69, 9.17) is 9.47 Å². The van der Waals surface area contributed by atoms with Crippen LogP contribution >= 0.6 is 15.9 Å². The summed E-state index contributed by atoms with van der Waals surface area (Å²) in [6, 6.07) is 8.86. The fraction of sp³-hybridized carbons (Fsp3) is 0.417. The minimum Gasteiger partial charge on any atom is -0.424 e. The molecule has 3 aromatic heterocycles. The number of aromatic nitrogens is 7. The second kappa shape index (κ2) is 15.9. The van der Waals surface area contributed by atoms with Crippen LogP contribution in [0, 0.1) is 41.0 Å². The molecule has 7 rings (SSSR count). The lowest BCUT2D eigenvalue weighted by Gasteiger charge is -2.39. The predicted octanol–water partition coefficient (Wildman–Crippen LogP) is 9.74. The van der Waals surface area contributed by atoms with Crippen LogP contribution in [0.3, 0.4) is 0 Å². The summed E-state index contributed by atoms with van der Waals surface area (Å²) >= 11 is 3.12. The summed E-state index contributed by atoms with van der Waals surface area (Å²) in [5.74, 6) is -1.44. The van der Waals surface area contributed by atoms with Crippen LogP contribution in [0.4, 0.5) is 36.4 Å². The van der Waals surface area contributed by atoms with Crippen molar-refractivity contribution in [3.05, 3.63) is 94.2 Å². The maximum atomic E-state index is 13.6. The zero-order valence-electron chi connectivity index (χ0n) is 29.5. The number of hydrogen-bond acceptors (Lipinski definition) is 8. The fourth-order valence-electron chi connectivity index (χ4n) is 6.78. The van der Waals surface area contributed by atoms with E-state index in [0.29, 0.717) is 47.6 Å². The van der Waals surface area contributed by atoms with E-state index >= 15 is 0 Å². The standard InChI is InChI=1S/C25H26F5N5O.C11H10BrF2N3O/c1-14(2)35-24(36-20-8-17(26)7-18(27)9-20)32-23(33-35)11-21-15-3-4-16(21)13-34(12-15)19-5-6-31-22(10-19)25(28,29)30;1-6(2)17-11(15-10(12)16-17)18-9-4-7(13)3-8(14)5-9/h5-10,14-16,21H,3-4,11-13H2,1-2H3;3-6H,1-2H3/t15-,16+,21?;. The molecule has 1 saturated heterocycles. The van der Waals surface area contributed by atoms with Crippen molar-refractivity contribution < 1.29 is 40.2 Å². The van der Waals surface area contributed by atoms with E-state index in [0.717, 1.165) is 55.3 Å². The molecule has 1 unspecified atom stereocenters. The molecular formula is C36H36BrF7N8O2. The van der Waals surface area contributed by atoms with Gasteiger partial charge in [-0.1, -0.05) is 0 Å². The molecule has 54 heavy (non-hydrogen) atoms. The first-order chi connectivity index (χ1) is 25.5. The van der Waals surface area contributed by atoms with Crippen molar-refractivity contribution in [2.75, 3.05) is 18.0 Å². The van der Waals surface area contributed by atoms with Crippen molar-refractivity contribution >= 4 is 21.6 Å². The van der Waals surface area contributed by atoms with Gasteiger partial charge in [-0.2, -0.15) is 28.2 Å². The molecule has 3 atom stereocenters. The maximum Gasteiger partial charge on any atom is 0.433 e. The molecule has 1 aliphatic heterocycles. The summed E-state index contributed by atoms with van der Waals surface area (Å²) in [5, 5.41) is 8.66. The fourth-order valence-corrected chi connectivity index (χ4v) is 7.10. The monoisotopic (exact) mass is 824 g/mol. The Morgan fingerprint density at radius 2 is 1.24 bits per heavy atom. The number of pyridine rings is 1. The van der Waals surface area contributed by atoms with Crippen molar-refractivity contribution in [1.29, 1.82) is 0 Å². The quantitative estimate of drug-likeness (QED) is 0.136. The molecular weight excluding hydrogens is 789 g/mol. The van der Waals surface area contributed by atoms with Gasteiger partial charge in [0.05, 0.1) is 12.1 Å². The molecule has 0 spiro atoms. The molecule has 1 aliphatic carbocycles. The zero-order chi connectivity index (χ0) is 38.9. The van der Waals surface area contributed by atoms with Gasteiger partial charge in [-0.25, -0.2) is 26.9 Å². The summed E-state index contributed by atoms with van der Waals surface area (Å²) < 4.78 is 107. The highest BCUT2D eigenvalue weighted by atomic mass is 79.9. The zero-order valence-corrected chi connectivity index (χ0v) is 31.1. The second-order valence-corrected chi connectivity index (χ2v) is 14.4. The van der Waals surface area contributed by atoms with Crippen molar-refractivity contribution in [3.8, 4) is 23.5 Å². The SMILES string of the molecule is CC(C)n1nc(Br)nc1Oc1cc(F)cc(F)c1.CC(C)n1nc(CC2[C@@H]3CC[C@H]2CN(c2ccnc(C(F)(F)F)c2)C3)nc1Oc1cc(F)cc(F)c1. The third-order valence-corrected chi connectivity index (χ3v) is 9.47. The van der Waals surface area contributed by atoms with Gasteiger partial charge in [0.2, 0.25) is 4.73 Å². The van der Waals surface area contributed by atoms with Crippen LogP contribution in [0.2, 0.25) is 0 Å². The summed E-state index contributed by atoms with van der Waals surface area (Å²) in [4.78, 5) is 14.0. The first kappa shape index (κ1) is 39.0. The van der Waals surface area contributed by atoms with E-state index in [9.17, 15) is 30.7 Å². The first-order valence-electron chi connectivity index (χ1n) is 17.2. The molecule has 0 radical (unpaired) electrons.